The van der Waals surface area contributed by atoms with Crippen LogP contribution in [0.3, 0.4) is 0 Å². The Labute approximate surface area is 166 Å². The van der Waals surface area contributed by atoms with Crippen LogP contribution in [-0.4, -0.2) is 14.3 Å². The summed E-state index contributed by atoms with van der Waals surface area (Å²) in [6, 6.07) is 14.1. The van der Waals surface area contributed by atoms with E-state index in [1.165, 1.54) is 11.3 Å². The lowest BCUT2D eigenvalue weighted by Crippen LogP contribution is -2.23. The Kier molecular flexibility index (Phi) is 4.58. The zero-order chi connectivity index (χ0) is 19.2. The monoisotopic (exact) mass is 417 g/mol. The first-order chi connectivity index (χ1) is 12.9. The second-order valence-electron chi connectivity index (χ2n) is 6.48. The number of aryl methyl sites for hydroxylation is 1. The summed E-state index contributed by atoms with van der Waals surface area (Å²) in [5.74, 6) is -0.472. The number of thiophene rings is 1. The summed E-state index contributed by atoms with van der Waals surface area (Å²) in [6.45, 7) is 1.90. The molecule has 138 valence electrons. The molecule has 1 aromatic heterocycles. The van der Waals surface area contributed by atoms with E-state index in [9.17, 15) is 13.2 Å². The number of benzene rings is 2. The molecule has 7 heteroatoms. The van der Waals surface area contributed by atoms with Crippen molar-refractivity contribution < 1.29 is 13.2 Å². The van der Waals surface area contributed by atoms with Crippen molar-refractivity contribution in [3.05, 3.63) is 74.9 Å². The van der Waals surface area contributed by atoms with E-state index in [2.05, 4.69) is 5.32 Å². The summed E-state index contributed by atoms with van der Waals surface area (Å²) in [5, 5.41) is 4.94. The third-order valence-corrected chi connectivity index (χ3v) is 8.04. The Balaban J connectivity index is 1.85. The quantitative estimate of drug-likeness (QED) is 0.651. The van der Waals surface area contributed by atoms with E-state index < -0.39 is 9.84 Å². The van der Waals surface area contributed by atoms with Gasteiger partial charge in [0.2, 0.25) is 15.7 Å². The van der Waals surface area contributed by atoms with Crippen LogP contribution in [0.25, 0.3) is 0 Å². The molecule has 0 saturated heterocycles. The second-order valence-corrected chi connectivity index (χ2v) is 9.72. The second kappa shape index (κ2) is 6.78. The first kappa shape index (κ1) is 18.2. The van der Waals surface area contributed by atoms with Gasteiger partial charge in [-0.1, -0.05) is 47.5 Å². The van der Waals surface area contributed by atoms with Crippen molar-refractivity contribution in [3.63, 3.8) is 0 Å². The number of halogens is 1. The van der Waals surface area contributed by atoms with E-state index in [1.54, 1.807) is 35.7 Å². The molecular formula is C20H16ClNO3S2. The van der Waals surface area contributed by atoms with Gasteiger partial charge in [0.15, 0.2) is 0 Å². The van der Waals surface area contributed by atoms with Gasteiger partial charge < -0.3 is 5.32 Å². The molecule has 0 saturated carbocycles. The number of anilines is 1. The topological polar surface area (TPSA) is 63.2 Å². The number of rotatable bonds is 3. The minimum atomic E-state index is -3.73. The summed E-state index contributed by atoms with van der Waals surface area (Å²) in [7, 11) is -3.73. The number of fused-ring (bicyclic) bond motifs is 1. The van der Waals surface area contributed by atoms with Crippen molar-refractivity contribution >= 4 is 44.4 Å². The largest absolute Gasteiger partial charge is 0.324 e. The molecule has 2 heterocycles. The highest BCUT2D eigenvalue weighted by Crippen LogP contribution is 2.47. The summed E-state index contributed by atoms with van der Waals surface area (Å²) in [6.07, 6.45) is 0.237. The molecule has 3 aromatic rings. The highest BCUT2D eigenvalue weighted by atomic mass is 35.5. The lowest BCUT2D eigenvalue weighted by atomic mass is 9.90. The van der Waals surface area contributed by atoms with Crippen LogP contribution in [0.4, 0.5) is 5.69 Å². The molecular weight excluding hydrogens is 402 g/mol. The van der Waals surface area contributed by atoms with Crippen LogP contribution in [0.5, 0.6) is 0 Å². The minimum absolute atomic E-state index is 0.136. The van der Waals surface area contributed by atoms with E-state index in [0.717, 1.165) is 16.0 Å². The molecule has 1 N–H and O–H groups in total. The Bertz CT molecular complexity index is 1130. The van der Waals surface area contributed by atoms with Gasteiger partial charge in [0.25, 0.3) is 0 Å². The lowest BCUT2D eigenvalue weighted by molar-refractivity contribution is -0.116. The Morgan fingerprint density at radius 3 is 2.52 bits per heavy atom. The SMILES string of the molecule is Cc1ccc(S(=O)(=O)c2csc3c2NC(=O)C[C@H]3c2ccccc2Cl)cc1. The van der Waals surface area contributed by atoms with Crippen molar-refractivity contribution in [2.24, 2.45) is 0 Å². The molecule has 1 aliphatic heterocycles. The molecule has 0 fully saturated rings. The fourth-order valence-corrected chi connectivity index (χ4v) is 6.42. The molecule has 0 spiro atoms. The van der Waals surface area contributed by atoms with E-state index in [4.69, 9.17) is 11.6 Å². The molecule has 0 bridgehead atoms. The average molecular weight is 418 g/mol. The third kappa shape index (κ3) is 3.18. The van der Waals surface area contributed by atoms with Crippen LogP contribution in [0, 0.1) is 6.92 Å². The highest BCUT2D eigenvalue weighted by Gasteiger charge is 2.35. The van der Waals surface area contributed by atoms with Gasteiger partial charge in [0.05, 0.1) is 10.6 Å². The molecule has 0 aliphatic carbocycles. The van der Waals surface area contributed by atoms with E-state index in [-0.39, 0.29) is 28.0 Å². The van der Waals surface area contributed by atoms with Crippen molar-refractivity contribution in [2.45, 2.75) is 29.1 Å². The van der Waals surface area contributed by atoms with Crippen LogP contribution in [0.1, 0.15) is 28.3 Å². The number of sulfone groups is 1. The number of carbonyl (C=O) groups is 1. The van der Waals surface area contributed by atoms with Gasteiger partial charge in [0, 0.05) is 27.6 Å². The van der Waals surface area contributed by atoms with Crippen molar-refractivity contribution in [1.29, 1.82) is 0 Å². The highest BCUT2D eigenvalue weighted by molar-refractivity contribution is 7.91. The van der Waals surface area contributed by atoms with Gasteiger partial charge in [0.1, 0.15) is 4.90 Å². The Morgan fingerprint density at radius 2 is 1.81 bits per heavy atom. The molecule has 0 radical (unpaired) electrons. The predicted molar refractivity (Wildman–Crippen MR) is 107 cm³/mol. The van der Waals surface area contributed by atoms with E-state index in [1.807, 2.05) is 25.1 Å². The molecule has 4 rings (SSSR count). The maximum atomic E-state index is 13.1. The zero-order valence-electron chi connectivity index (χ0n) is 14.4. The molecule has 1 atom stereocenters. The summed E-state index contributed by atoms with van der Waals surface area (Å²) in [5.41, 5.74) is 2.19. The summed E-state index contributed by atoms with van der Waals surface area (Å²) in [4.78, 5) is 13.5. The lowest BCUT2D eigenvalue weighted by Gasteiger charge is -2.24. The van der Waals surface area contributed by atoms with Crippen LogP contribution < -0.4 is 5.32 Å². The summed E-state index contributed by atoms with van der Waals surface area (Å²) < 4.78 is 26.2. The fraction of sp³-hybridized carbons (Fsp3) is 0.150. The van der Waals surface area contributed by atoms with Crippen LogP contribution in [-0.2, 0) is 14.6 Å². The first-order valence-electron chi connectivity index (χ1n) is 8.35. The first-order valence-corrected chi connectivity index (χ1v) is 11.1. The van der Waals surface area contributed by atoms with Gasteiger partial charge in [-0.3, -0.25) is 4.79 Å². The van der Waals surface area contributed by atoms with E-state index in [0.29, 0.717) is 10.7 Å². The van der Waals surface area contributed by atoms with Gasteiger partial charge >= 0.3 is 0 Å². The Morgan fingerprint density at radius 1 is 1.11 bits per heavy atom. The van der Waals surface area contributed by atoms with Crippen LogP contribution >= 0.6 is 22.9 Å². The maximum Gasteiger partial charge on any atom is 0.225 e. The van der Waals surface area contributed by atoms with Crippen LogP contribution in [0.15, 0.2) is 63.7 Å². The zero-order valence-corrected chi connectivity index (χ0v) is 16.8. The molecule has 27 heavy (non-hydrogen) atoms. The van der Waals surface area contributed by atoms with Gasteiger partial charge in [-0.2, -0.15) is 0 Å². The molecule has 0 unspecified atom stereocenters. The standard InChI is InChI=1S/C20H16ClNO3S2/c1-12-6-8-13(9-7-12)27(24,25)17-11-26-20-15(10-18(23)22-19(17)20)14-4-2-3-5-16(14)21/h2-9,11,15H,10H2,1H3,(H,22,23)/t15-/m0/s1. The van der Waals surface area contributed by atoms with Crippen molar-refractivity contribution in [2.75, 3.05) is 5.32 Å². The van der Waals surface area contributed by atoms with Gasteiger partial charge in [-0.05, 0) is 30.7 Å². The summed E-state index contributed by atoms with van der Waals surface area (Å²) >= 11 is 7.67. The van der Waals surface area contributed by atoms with Gasteiger partial charge in [-0.25, -0.2) is 8.42 Å². The predicted octanol–water partition coefficient (Wildman–Crippen LogP) is 5.02. The Hall–Kier alpha value is -2.15. The number of nitrogens with one attached hydrogen (secondary N) is 1. The van der Waals surface area contributed by atoms with E-state index >= 15 is 0 Å². The molecule has 4 nitrogen and oxygen atoms in total. The average Bonchev–Trinajstić information content (AvgIpc) is 3.06. The number of carbonyl (C=O) groups excluding carboxylic acids is 1. The number of hydrogen-bond donors (Lipinski definition) is 1. The molecule has 1 aliphatic rings. The number of hydrogen-bond acceptors (Lipinski definition) is 4. The number of amides is 1. The third-order valence-electron chi connectivity index (χ3n) is 4.66. The van der Waals surface area contributed by atoms with Crippen molar-refractivity contribution in [1.82, 2.24) is 0 Å². The van der Waals surface area contributed by atoms with Gasteiger partial charge in [-0.15, -0.1) is 11.3 Å². The van der Waals surface area contributed by atoms with Crippen molar-refractivity contribution in [3.8, 4) is 0 Å². The maximum absolute atomic E-state index is 13.1. The molecule has 2 aromatic carbocycles. The molecule has 1 amide bonds. The van der Waals surface area contributed by atoms with Crippen LogP contribution in [0.2, 0.25) is 5.02 Å². The normalized spacial score (nSPS) is 16.7. The fourth-order valence-electron chi connectivity index (χ4n) is 3.26. The minimum Gasteiger partial charge on any atom is -0.324 e. The smallest absolute Gasteiger partial charge is 0.225 e.